The molecule has 1 aliphatic rings. The second kappa shape index (κ2) is 5.77. The number of carbonyl (C=O) groups excluding carboxylic acids is 1. The second-order valence-corrected chi connectivity index (χ2v) is 2.73. The molecule has 13 heavy (non-hydrogen) atoms. The Balaban J connectivity index is 2.01. The van der Waals surface area contributed by atoms with Crippen LogP contribution in [-0.2, 0) is 14.2 Å². The number of nitrogens with one attached hydrogen (secondary N) is 1. The van der Waals surface area contributed by atoms with Crippen LogP contribution in [0.3, 0.4) is 0 Å². The Kier molecular flexibility index (Phi) is 4.56. The van der Waals surface area contributed by atoms with Gasteiger partial charge in [-0.25, -0.2) is 4.79 Å². The van der Waals surface area contributed by atoms with Crippen molar-refractivity contribution in [1.82, 2.24) is 5.32 Å². The van der Waals surface area contributed by atoms with Crippen molar-refractivity contribution >= 4 is 6.09 Å². The summed E-state index contributed by atoms with van der Waals surface area (Å²) in [5.74, 6) is 0. The van der Waals surface area contributed by atoms with E-state index in [0.29, 0.717) is 13.0 Å². The molecule has 5 heteroatoms. The highest BCUT2D eigenvalue weighted by Crippen LogP contribution is 2.07. The maximum atomic E-state index is 10.6. The monoisotopic (exact) mass is 189 g/mol. The van der Waals surface area contributed by atoms with Crippen LogP contribution in [0.2, 0.25) is 0 Å². The summed E-state index contributed by atoms with van der Waals surface area (Å²) in [6, 6.07) is 0. The number of hydrogen-bond donors (Lipinski definition) is 1. The molecule has 1 rings (SSSR count). The van der Waals surface area contributed by atoms with Gasteiger partial charge in [0.15, 0.2) is 6.29 Å². The van der Waals surface area contributed by atoms with E-state index in [1.807, 2.05) is 0 Å². The Morgan fingerprint density at radius 2 is 2.23 bits per heavy atom. The van der Waals surface area contributed by atoms with E-state index < -0.39 is 6.09 Å². The summed E-state index contributed by atoms with van der Waals surface area (Å²) in [6.07, 6.45) is 1.01. The van der Waals surface area contributed by atoms with Crippen molar-refractivity contribution in [3.8, 4) is 0 Å². The summed E-state index contributed by atoms with van der Waals surface area (Å²) in [5.41, 5.74) is 0. The fraction of sp³-hybridized carbons (Fsp3) is 0.875. The highest BCUT2D eigenvalue weighted by Gasteiger charge is 2.13. The van der Waals surface area contributed by atoms with E-state index in [2.05, 4.69) is 10.1 Å². The zero-order valence-corrected chi connectivity index (χ0v) is 7.75. The van der Waals surface area contributed by atoms with Crippen LogP contribution >= 0.6 is 0 Å². The molecule has 0 unspecified atom stereocenters. The van der Waals surface area contributed by atoms with E-state index in [9.17, 15) is 4.79 Å². The number of hydrogen-bond acceptors (Lipinski definition) is 4. The van der Waals surface area contributed by atoms with Gasteiger partial charge in [-0.15, -0.1) is 0 Å². The SMILES string of the molecule is COC(=O)NCCC1OCCCO1. The molecule has 76 valence electrons. The Bertz CT molecular complexity index is 156. The quantitative estimate of drug-likeness (QED) is 0.702. The minimum absolute atomic E-state index is 0.175. The van der Waals surface area contributed by atoms with Gasteiger partial charge in [0.05, 0.1) is 20.3 Å². The number of amides is 1. The number of methoxy groups -OCH3 is 1. The molecule has 1 fully saturated rings. The minimum Gasteiger partial charge on any atom is -0.453 e. The standard InChI is InChI=1S/C8H15NO4/c1-11-8(10)9-4-3-7-12-5-2-6-13-7/h7H,2-6H2,1H3,(H,9,10). The van der Waals surface area contributed by atoms with Gasteiger partial charge in [-0.1, -0.05) is 0 Å². The molecule has 0 aliphatic carbocycles. The van der Waals surface area contributed by atoms with E-state index in [1.54, 1.807) is 0 Å². The van der Waals surface area contributed by atoms with Gasteiger partial charge in [0.25, 0.3) is 0 Å². The van der Waals surface area contributed by atoms with Gasteiger partial charge in [-0.05, 0) is 6.42 Å². The highest BCUT2D eigenvalue weighted by atomic mass is 16.7. The molecule has 1 heterocycles. The molecule has 0 radical (unpaired) electrons. The molecule has 1 N–H and O–H groups in total. The molecule has 0 aromatic rings. The topological polar surface area (TPSA) is 56.8 Å². The van der Waals surface area contributed by atoms with Crippen LogP contribution in [0.25, 0.3) is 0 Å². The van der Waals surface area contributed by atoms with Crippen LogP contribution in [0.1, 0.15) is 12.8 Å². The fourth-order valence-electron chi connectivity index (χ4n) is 1.07. The third-order valence-electron chi connectivity index (χ3n) is 1.73. The maximum Gasteiger partial charge on any atom is 0.406 e. The molecule has 0 aromatic heterocycles. The van der Waals surface area contributed by atoms with E-state index in [1.165, 1.54) is 7.11 Å². The molecule has 0 spiro atoms. The van der Waals surface area contributed by atoms with Gasteiger partial charge < -0.3 is 19.5 Å². The van der Waals surface area contributed by atoms with Crippen LogP contribution in [0.4, 0.5) is 4.79 Å². The summed E-state index contributed by atoms with van der Waals surface area (Å²) in [7, 11) is 1.34. The van der Waals surface area contributed by atoms with Gasteiger partial charge in [-0.2, -0.15) is 0 Å². The number of carbonyl (C=O) groups is 1. The Labute approximate surface area is 77.3 Å². The van der Waals surface area contributed by atoms with E-state index in [-0.39, 0.29) is 6.29 Å². The fourth-order valence-corrected chi connectivity index (χ4v) is 1.07. The number of rotatable bonds is 3. The van der Waals surface area contributed by atoms with Crippen molar-refractivity contribution in [2.75, 3.05) is 26.9 Å². The minimum atomic E-state index is -0.421. The molecule has 5 nitrogen and oxygen atoms in total. The average molecular weight is 189 g/mol. The molecule has 0 saturated carbocycles. The van der Waals surface area contributed by atoms with Gasteiger partial charge in [-0.3, -0.25) is 0 Å². The maximum absolute atomic E-state index is 10.6. The number of ether oxygens (including phenoxy) is 3. The Morgan fingerprint density at radius 1 is 1.54 bits per heavy atom. The average Bonchev–Trinajstić information content (AvgIpc) is 2.19. The van der Waals surface area contributed by atoms with Crippen LogP contribution < -0.4 is 5.32 Å². The van der Waals surface area contributed by atoms with Gasteiger partial charge in [0, 0.05) is 13.0 Å². The van der Waals surface area contributed by atoms with Crippen molar-refractivity contribution in [1.29, 1.82) is 0 Å². The van der Waals surface area contributed by atoms with Crippen molar-refractivity contribution in [2.24, 2.45) is 0 Å². The second-order valence-electron chi connectivity index (χ2n) is 2.73. The summed E-state index contributed by atoms with van der Waals surface area (Å²) in [6.45, 7) is 1.99. The Hall–Kier alpha value is -0.810. The molecular weight excluding hydrogens is 174 g/mol. The largest absolute Gasteiger partial charge is 0.453 e. The van der Waals surface area contributed by atoms with Gasteiger partial charge in [0.2, 0.25) is 0 Å². The first-order chi connectivity index (χ1) is 6.33. The lowest BCUT2D eigenvalue weighted by Gasteiger charge is -2.22. The molecular formula is C8H15NO4. The lowest BCUT2D eigenvalue weighted by atomic mass is 10.3. The summed E-state index contributed by atoms with van der Waals surface area (Å²) in [5, 5.41) is 2.56. The molecule has 1 saturated heterocycles. The first kappa shape index (κ1) is 10.3. The van der Waals surface area contributed by atoms with E-state index in [0.717, 1.165) is 19.6 Å². The third kappa shape index (κ3) is 4.10. The van der Waals surface area contributed by atoms with Crippen LogP contribution in [0.5, 0.6) is 0 Å². The van der Waals surface area contributed by atoms with Gasteiger partial charge in [0.1, 0.15) is 0 Å². The van der Waals surface area contributed by atoms with Crippen LogP contribution in [0.15, 0.2) is 0 Å². The molecule has 0 aromatic carbocycles. The van der Waals surface area contributed by atoms with Gasteiger partial charge >= 0.3 is 6.09 Å². The zero-order valence-electron chi connectivity index (χ0n) is 7.75. The normalized spacial score (nSPS) is 18.2. The predicted molar refractivity (Wildman–Crippen MR) is 45.3 cm³/mol. The lowest BCUT2D eigenvalue weighted by molar-refractivity contribution is -0.180. The molecule has 0 atom stereocenters. The molecule has 1 aliphatic heterocycles. The predicted octanol–water partition coefficient (Wildman–Crippen LogP) is 0.495. The first-order valence-electron chi connectivity index (χ1n) is 4.38. The van der Waals surface area contributed by atoms with E-state index in [4.69, 9.17) is 9.47 Å². The summed E-state index contributed by atoms with van der Waals surface area (Å²) in [4.78, 5) is 10.6. The van der Waals surface area contributed by atoms with Crippen molar-refractivity contribution in [3.05, 3.63) is 0 Å². The van der Waals surface area contributed by atoms with Crippen molar-refractivity contribution < 1.29 is 19.0 Å². The lowest BCUT2D eigenvalue weighted by Crippen LogP contribution is -2.31. The summed E-state index contributed by atoms with van der Waals surface area (Å²) < 4.78 is 15.0. The van der Waals surface area contributed by atoms with Crippen LogP contribution in [0, 0.1) is 0 Å². The van der Waals surface area contributed by atoms with E-state index >= 15 is 0 Å². The molecule has 0 bridgehead atoms. The summed E-state index contributed by atoms with van der Waals surface area (Å²) >= 11 is 0. The highest BCUT2D eigenvalue weighted by molar-refractivity contribution is 5.66. The van der Waals surface area contributed by atoms with Crippen LogP contribution in [-0.4, -0.2) is 39.3 Å². The number of alkyl carbamates (subject to hydrolysis) is 1. The Morgan fingerprint density at radius 3 is 2.85 bits per heavy atom. The smallest absolute Gasteiger partial charge is 0.406 e. The van der Waals surface area contributed by atoms with Crippen molar-refractivity contribution in [2.45, 2.75) is 19.1 Å². The van der Waals surface area contributed by atoms with Crippen molar-refractivity contribution in [3.63, 3.8) is 0 Å². The first-order valence-corrected chi connectivity index (χ1v) is 4.38. The third-order valence-corrected chi connectivity index (χ3v) is 1.73. The molecule has 1 amide bonds. The zero-order chi connectivity index (χ0) is 9.52.